The van der Waals surface area contributed by atoms with Gasteiger partial charge in [-0.3, -0.25) is 4.79 Å². The average Bonchev–Trinajstić information content (AvgIpc) is 3.14. The van der Waals surface area contributed by atoms with Crippen LogP contribution >= 0.6 is 11.3 Å². The van der Waals surface area contributed by atoms with E-state index < -0.39 is 22.0 Å². The van der Waals surface area contributed by atoms with Crippen LogP contribution in [0.5, 0.6) is 0 Å². The number of rotatable bonds is 5. The molecular weight excluding hydrogens is 376 g/mol. The molecular formula is C17H24N2O5S2. The molecule has 1 N–H and O–H groups in total. The highest BCUT2D eigenvalue weighted by atomic mass is 32.2. The number of amides is 1. The molecule has 26 heavy (non-hydrogen) atoms. The van der Waals surface area contributed by atoms with Gasteiger partial charge < -0.3 is 10.1 Å². The first-order valence-electron chi connectivity index (χ1n) is 8.92. The summed E-state index contributed by atoms with van der Waals surface area (Å²) in [6, 6.07) is -0.731. The van der Waals surface area contributed by atoms with Crippen LogP contribution in [-0.4, -0.2) is 50.0 Å². The molecule has 0 saturated carbocycles. The lowest BCUT2D eigenvalue weighted by atomic mass is 10.0. The molecule has 2 aliphatic rings. The lowest BCUT2D eigenvalue weighted by Crippen LogP contribution is -2.49. The number of nitrogens with zero attached hydrogens (tertiary/aromatic N) is 1. The molecule has 7 nitrogen and oxygen atoms in total. The molecule has 144 valence electrons. The van der Waals surface area contributed by atoms with Crippen molar-refractivity contribution in [1.82, 2.24) is 4.31 Å². The van der Waals surface area contributed by atoms with Gasteiger partial charge in [-0.1, -0.05) is 6.42 Å². The Kier molecular flexibility index (Phi) is 5.69. The van der Waals surface area contributed by atoms with E-state index in [1.54, 1.807) is 6.92 Å². The summed E-state index contributed by atoms with van der Waals surface area (Å²) in [5.74, 6) is -0.800. The van der Waals surface area contributed by atoms with Gasteiger partial charge in [-0.2, -0.15) is 4.31 Å². The second-order valence-corrected chi connectivity index (χ2v) is 9.70. The van der Waals surface area contributed by atoms with Crippen molar-refractivity contribution < 1.29 is 22.7 Å². The number of piperidine rings is 1. The molecule has 0 aromatic carbocycles. The molecule has 0 radical (unpaired) electrons. The van der Waals surface area contributed by atoms with Crippen molar-refractivity contribution in [3.63, 3.8) is 0 Å². The molecule has 1 unspecified atom stereocenters. The maximum Gasteiger partial charge on any atom is 0.341 e. The molecule has 1 aromatic heterocycles. The summed E-state index contributed by atoms with van der Waals surface area (Å²) in [5.41, 5.74) is 1.41. The van der Waals surface area contributed by atoms with Crippen LogP contribution in [0.4, 0.5) is 5.00 Å². The molecule has 2 heterocycles. The Bertz CT molecular complexity index is 815. The van der Waals surface area contributed by atoms with E-state index in [4.69, 9.17) is 4.74 Å². The SMILES string of the molecule is CCOC(=O)c1c(NC(=O)C2CCCCN2S(C)(=O)=O)sc2c1CCC2. The van der Waals surface area contributed by atoms with Crippen LogP contribution in [0.25, 0.3) is 0 Å². The zero-order chi connectivity index (χ0) is 18.9. The number of fused-ring (bicyclic) bond motifs is 1. The molecule has 1 amide bonds. The smallest absolute Gasteiger partial charge is 0.341 e. The van der Waals surface area contributed by atoms with Crippen molar-refractivity contribution in [1.29, 1.82) is 0 Å². The van der Waals surface area contributed by atoms with Gasteiger partial charge in [-0.25, -0.2) is 13.2 Å². The fraction of sp³-hybridized carbons (Fsp3) is 0.647. The van der Waals surface area contributed by atoms with Gasteiger partial charge in [0.05, 0.1) is 18.4 Å². The predicted octanol–water partition coefficient (Wildman–Crippen LogP) is 2.17. The molecule has 1 saturated heterocycles. The highest BCUT2D eigenvalue weighted by Gasteiger charge is 2.36. The van der Waals surface area contributed by atoms with Gasteiger partial charge in [-0.05, 0) is 44.6 Å². The van der Waals surface area contributed by atoms with E-state index >= 15 is 0 Å². The van der Waals surface area contributed by atoms with Gasteiger partial charge in [0, 0.05) is 11.4 Å². The van der Waals surface area contributed by atoms with Gasteiger partial charge in [0.25, 0.3) is 0 Å². The fourth-order valence-electron chi connectivity index (χ4n) is 3.67. The van der Waals surface area contributed by atoms with Crippen molar-refractivity contribution in [2.75, 3.05) is 24.7 Å². The maximum absolute atomic E-state index is 12.8. The summed E-state index contributed by atoms with van der Waals surface area (Å²) in [4.78, 5) is 26.3. The van der Waals surface area contributed by atoms with E-state index in [0.717, 1.165) is 48.8 Å². The molecule has 1 fully saturated rings. The quantitative estimate of drug-likeness (QED) is 0.765. The van der Waals surface area contributed by atoms with Gasteiger partial charge in [-0.15, -0.1) is 11.3 Å². The average molecular weight is 401 g/mol. The monoisotopic (exact) mass is 400 g/mol. The second-order valence-electron chi connectivity index (χ2n) is 6.66. The Balaban J connectivity index is 1.86. The molecule has 3 rings (SSSR count). The third-order valence-electron chi connectivity index (χ3n) is 4.82. The molecule has 9 heteroatoms. The molecule has 1 aliphatic heterocycles. The van der Waals surface area contributed by atoms with Crippen molar-refractivity contribution >= 4 is 38.2 Å². The number of hydrogen-bond acceptors (Lipinski definition) is 6. The third kappa shape index (κ3) is 3.79. The summed E-state index contributed by atoms with van der Waals surface area (Å²) >= 11 is 1.40. The number of sulfonamides is 1. The predicted molar refractivity (Wildman–Crippen MR) is 100 cm³/mol. The minimum Gasteiger partial charge on any atom is -0.462 e. The topological polar surface area (TPSA) is 92.8 Å². The lowest BCUT2D eigenvalue weighted by Gasteiger charge is -2.32. The lowest BCUT2D eigenvalue weighted by molar-refractivity contribution is -0.120. The Hall–Kier alpha value is -1.45. The third-order valence-corrected chi connectivity index (χ3v) is 7.32. The maximum atomic E-state index is 12.8. The van der Waals surface area contributed by atoms with Gasteiger partial charge >= 0.3 is 5.97 Å². The van der Waals surface area contributed by atoms with Gasteiger partial charge in [0.2, 0.25) is 15.9 Å². The Morgan fingerprint density at radius 1 is 1.27 bits per heavy atom. The first-order chi connectivity index (χ1) is 12.3. The number of carbonyl (C=O) groups is 2. The summed E-state index contributed by atoms with van der Waals surface area (Å²) < 4.78 is 30.4. The highest BCUT2D eigenvalue weighted by Crippen LogP contribution is 2.39. The molecule has 1 aromatic rings. The molecule has 1 aliphatic carbocycles. The zero-order valence-electron chi connectivity index (χ0n) is 15.0. The van der Waals surface area contributed by atoms with E-state index in [0.29, 0.717) is 23.5 Å². The van der Waals surface area contributed by atoms with Crippen LogP contribution < -0.4 is 5.32 Å². The van der Waals surface area contributed by atoms with Crippen LogP contribution in [0.3, 0.4) is 0 Å². The number of thiophene rings is 1. The Morgan fingerprint density at radius 3 is 2.73 bits per heavy atom. The standard InChI is InChI=1S/C17H24N2O5S2/c1-3-24-17(21)14-11-7-6-9-13(11)25-16(14)18-15(20)12-8-4-5-10-19(12)26(2,22)23/h12H,3-10H2,1-2H3,(H,18,20). The molecule has 0 bridgehead atoms. The van der Waals surface area contributed by atoms with E-state index in [-0.39, 0.29) is 12.5 Å². The highest BCUT2D eigenvalue weighted by molar-refractivity contribution is 7.88. The van der Waals surface area contributed by atoms with Crippen molar-refractivity contribution in [2.24, 2.45) is 0 Å². The molecule has 1 atom stereocenters. The normalized spacial score (nSPS) is 20.6. The van der Waals surface area contributed by atoms with Gasteiger partial charge in [0.15, 0.2) is 0 Å². The van der Waals surface area contributed by atoms with Crippen molar-refractivity contribution in [2.45, 2.75) is 51.5 Å². The summed E-state index contributed by atoms with van der Waals surface area (Å²) in [6.45, 7) is 2.36. The fourth-order valence-corrected chi connectivity index (χ4v) is 6.08. The number of hydrogen-bond donors (Lipinski definition) is 1. The zero-order valence-corrected chi connectivity index (χ0v) is 16.7. The number of nitrogens with one attached hydrogen (secondary N) is 1. The van der Waals surface area contributed by atoms with E-state index in [2.05, 4.69) is 5.32 Å². The Labute approximate surface area is 157 Å². The first-order valence-corrected chi connectivity index (χ1v) is 11.6. The number of anilines is 1. The van der Waals surface area contributed by atoms with Crippen LogP contribution in [0.1, 0.15) is 53.4 Å². The van der Waals surface area contributed by atoms with Crippen LogP contribution in [0.2, 0.25) is 0 Å². The first kappa shape index (κ1) is 19.3. The van der Waals surface area contributed by atoms with Gasteiger partial charge in [0.1, 0.15) is 11.0 Å². The minimum absolute atomic E-state index is 0.265. The number of aryl methyl sites for hydroxylation is 1. The van der Waals surface area contributed by atoms with E-state index in [9.17, 15) is 18.0 Å². The van der Waals surface area contributed by atoms with Crippen molar-refractivity contribution in [3.8, 4) is 0 Å². The number of ether oxygens (including phenoxy) is 1. The Morgan fingerprint density at radius 2 is 2.04 bits per heavy atom. The van der Waals surface area contributed by atoms with Crippen LogP contribution in [0.15, 0.2) is 0 Å². The van der Waals surface area contributed by atoms with Crippen LogP contribution in [0, 0.1) is 0 Å². The number of carbonyl (C=O) groups excluding carboxylic acids is 2. The summed E-state index contributed by atoms with van der Waals surface area (Å²) in [7, 11) is -3.46. The van der Waals surface area contributed by atoms with Crippen molar-refractivity contribution in [3.05, 3.63) is 16.0 Å². The number of esters is 1. The summed E-state index contributed by atoms with van der Waals surface area (Å²) in [6.07, 6.45) is 5.84. The second kappa shape index (κ2) is 7.66. The summed E-state index contributed by atoms with van der Waals surface area (Å²) in [5, 5.41) is 3.31. The minimum atomic E-state index is -3.46. The van der Waals surface area contributed by atoms with E-state index in [1.807, 2.05) is 0 Å². The van der Waals surface area contributed by atoms with E-state index in [1.165, 1.54) is 15.6 Å². The molecule has 0 spiro atoms. The van der Waals surface area contributed by atoms with Crippen LogP contribution in [-0.2, 0) is 32.4 Å². The largest absolute Gasteiger partial charge is 0.462 e.